The molecule has 24 heavy (non-hydrogen) atoms. The van der Waals surface area contributed by atoms with Gasteiger partial charge in [-0.15, -0.1) is 0 Å². The van der Waals surface area contributed by atoms with Gasteiger partial charge in [-0.3, -0.25) is 4.79 Å². The monoisotopic (exact) mass is 318 g/mol. The van der Waals surface area contributed by atoms with Gasteiger partial charge < -0.3 is 4.42 Å². The molecule has 0 unspecified atom stereocenters. The van der Waals surface area contributed by atoms with Crippen LogP contribution in [0.5, 0.6) is 0 Å². The summed E-state index contributed by atoms with van der Waals surface area (Å²) in [6, 6.07) is 21.6. The van der Waals surface area contributed by atoms with Gasteiger partial charge in [-0.1, -0.05) is 54.6 Å². The maximum Gasteiger partial charge on any atom is 0.307 e. The molecular weight excluding hydrogens is 300 g/mol. The minimum Gasteiger partial charge on any atom is -0.456 e. The first-order valence-electron chi connectivity index (χ1n) is 7.70. The Morgan fingerprint density at radius 2 is 1.58 bits per heavy atom. The average molecular weight is 318 g/mol. The Bertz CT molecular complexity index is 862. The normalized spacial score (nSPS) is 11.3. The van der Waals surface area contributed by atoms with Crippen LogP contribution in [0.1, 0.15) is 28.8 Å². The summed E-state index contributed by atoms with van der Waals surface area (Å²) >= 11 is 0. The maximum atomic E-state index is 11.9. The van der Waals surface area contributed by atoms with Crippen LogP contribution in [0.2, 0.25) is 0 Å². The van der Waals surface area contributed by atoms with Gasteiger partial charge in [-0.25, -0.2) is 5.43 Å². The Morgan fingerprint density at radius 3 is 2.21 bits per heavy atom. The SMILES string of the molecule is CC(=NNC(=O)c1ccc(C)o1)c1ccc(-c2ccccc2)cc1. The van der Waals surface area contributed by atoms with E-state index in [1.165, 1.54) is 5.56 Å². The molecule has 1 heterocycles. The quantitative estimate of drug-likeness (QED) is 0.572. The summed E-state index contributed by atoms with van der Waals surface area (Å²) < 4.78 is 5.27. The van der Waals surface area contributed by atoms with Crippen LogP contribution < -0.4 is 5.43 Å². The predicted molar refractivity (Wildman–Crippen MR) is 95.0 cm³/mol. The van der Waals surface area contributed by atoms with Gasteiger partial charge in [0.2, 0.25) is 0 Å². The Balaban J connectivity index is 1.70. The van der Waals surface area contributed by atoms with Crippen LogP contribution >= 0.6 is 0 Å². The number of rotatable bonds is 4. The number of hydrogen-bond acceptors (Lipinski definition) is 3. The second kappa shape index (κ2) is 6.96. The molecule has 4 nitrogen and oxygen atoms in total. The van der Waals surface area contributed by atoms with Gasteiger partial charge >= 0.3 is 5.91 Å². The lowest BCUT2D eigenvalue weighted by Crippen LogP contribution is -2.18. The first-order chi connectivity index (χ1) is 11.6. The van der Waals surface area contributed by atoms with Gasteiger partial charge in [-0.05, 0) is 42.7 Å². The number of nitrogens with one attached hydrogen (secondary N) is 1. The fraction of sp³-hybridized carbons (Fsp3) is 0.100. The van der Waals surface area contributed by atoms with Gasteiger partial charge in [0, 0.05) is 0 Å². The number of benzene rings is 2. The highest BCUT2D eigenvalue weighted by Crippen LogP contribution is 2.19. The molecule has 0 fully saturated rings. The van der Waals surface area contributed by atoms with Crippen LogP contribution in [0.4, 0.5) is 0 Å². The molecule has 120 valence electrons. The number of aryl methyl sites for hydroxylation is 1. The van der Waals surface area contributed by atoms with Crippen molar-refractivity contribution in [1.29, 1.82) is 0 Å². The summed E-state index contributed by atoms with van der Waals surface area (Å²) in [5.41, 5.74) is 6.50. The van der Waals surface area contributed by atoms with Crippen LogP contribution in [-0.4, -0.2) is 11.6 Å². The molecule has 1 aromatic heterocycles. The standard InChI is InChI=1S/C20H18N2O2/c1-14-8-13-19(24-14)20(23)22-21-15(2)16-9-11-18(12-10-16)17-6-4-3-5-7-17/h3-13H,1-2H3,(H,22,23). The van der Waals surface area contributed by atoms with Crippen molar-refractivity contribution in [1.82, 2.24) is 5.43 Å². The van der Waals surface area contributed by atoms with Crippen molar-refractivity contribution in [2.24, 2.45) is 5.10 Å². The number of carbonyl (C=O) groups excluding carboxylic acids is 1. The summed E-state index contributed by atoms with van der Waals surface area (Å²) in [6.07, 6.45) is 0. The third-order valence-electron chi connectivity index (χ3n) is 3.70. The van der Waals surface area contributed by atoms with Crippen LogP contribution in [0.3, 0.4) is 0 Å². The molecule has 1 N–H and O–H groups in total. The molecule has 0 spiro atoms. The molecule has 0 saturated heterocycles. The van der Waals surface area contributed by atoms with Crippen LogP contribution in [0.25, 0.3) is 11.1 Å². The Labute approximate surface area is 140 Å². The minimum atomic E-state index is -0.358. The Hall–Kier alpha value is -3.14. The second-order valence-corrected chi connectivity index (χ2v) is 5.49. The second-order valence-electron chi connectivity index (χ2n) is 5.49. The molecule has 0 aliphatic rings. The van der Waals surface area contributed by atoms with Crippen molar-refractivity contribution in [3.8, 4) is 11.1 Å². The lowest BCUT2D eigenvalue weighted by Gasteiger charge is -2.05. The van der Waals surface area contributed by atoms with E-state index in [2.05, 4.69) is 22.7 Å². The van der Waals surface area contributed by atoms with E-state index in [0.717, 1.165) is 16.8 Å². The van der Waals surface area contributed by atoms with E-state index in [1.54, 1.807) is 19.1 Å². The molecule has 4 heteroatoms. The Kier molecular flexibility index (Phi) is 4.57. The van der Waals surface area contributed by atoms with Gasteiger partial charge in [-0.2, -0.15) is 5.10 Å². The largest absolute Gasteiger partial charge is 0.456 e. The molecule has 3 rings (SSSR count). The van der Waals surface area contributed by atoms with Gasteiger partial charge in [0.1, 0.15) is 5.76 Å². The van der Waals surface area contributed by atoms with E-state index in [-0.39, 0.29) is 11.7 Å². The zero-order chi connectivity index (χ0) is 16.9. The van der Waals surface area contributed by atoms with E-state index in [1.807, 2.05) is 49.4 Å². The topological polar surface area (TPSA) is 54.6 Å². The minimum absolute atomic E-state index is 0.253. The number of hydrazone groups is 1. The van der Waals surface area contributed by atoms with E-state index in [4.69, 9.17) is 4.42 Å². The third kappa shape index (κ3) is 3.60. The molecule has 0 bridgehead atoms. The number of nitrogens with zero attached hydrogens (tertiary/aromatic N) is 1. The molecule has 3 aromatic rings. The summed E-state index contributed by atoms with van der Waals surface area (Å²) in [4.78, 5) is 11.9. The van der Waals surface area contributed by atoms with Crippen molar-refractivity contribution in [2.45, 2.75) is 13.8 Å². The Morgan fingerprint density at radius 1 is 0.917 bits per heavy atom. The first-order valence-corrected chi connectivity index (χ1v) is 7.70. The number of carbonyl (C=O) groups is 1. The first kappa shape index (κ1) is 15.7. The van der Waals surface area contributed by atoms with Crippen LogP contribution in [0, 0.1) is 6.92 Å². The zero-order valence-electron chi connectivity index (χ0n) is 13.6. The van der Waals surface area contributed by atoms with E-state index >= 15 is 0 Å². The highest BCUT2D eigenvalue weighted by Gasteiger charge is 2.09. The lowest BCUT2D eigenvalue weighted by molar-refractivity contribution is 0.0926. The number of hydrogen-bond donors (Lipinski definition) is 1. The molecule has 0 aliphatic carbocycles. The van der Waals surface area contributed by atoms with Gasteiger partial charge in [0.05, 0.1) is 5.71 Å². The maximum absolute atomic E-state index is 11.9. The van der Waals surface area contributed by atoms with E-state index < -0.39 is 0 Å². The highest BCUT2D eigenvalue weighted by atomic mass is 16.3. The summed E-state index contributed by atoms with van der Waals surface area (Å²) in [7, 11) is 0. The number of furan rings is 1. The summed E-state index contributed by atoms with van der Waals surface area (Å²) in [5, 5.41) is 4.14. The average Bonchev–Trinajstić information content (AvgIpc) is 3.07. The third-order valence-corrected chi connectivity index (χ3v) is 3.70. The predicted octanol–water partition coefficient (Wildman–Crippen LogP) is 4.41. The summed E-state index contributed by atoms with van der Waals surface area (Å²) in [6.45, 7) is 3.64. The van der Waals surface area contributed by atoms with Crippen LogP contribution in [-0.2, 0) is 0 Å². The highest BCUT2D eigenvalue weighted by molar-refractivity contribution is 6.00. The van der Waals surface area contributed by atoms with E-state index in [9.17, 15) is 4.79 Å². The number of amides is 1. The molecular formula is C20H18N2O2. The fourth-order valence-corrected chi connectivity index (χ4v) is 2.35. The van der Waals surface area contributed by atoms with E-state index in [0.29, 0.717) is 5.76 Å². The van der Waals surface area contributed by atoms with Gasteiger partial charge in [0.25, 0.3) is 0 Å². The molecule has 0 aliphatic heterocycles. The lowest BCUT2D eigenvalue weighted by atomic mass is 10.0. The molecule has 0 saturated carbocycles. The smallest absolute Gasteiger partial charge is 0.307 e. The van der Waals surface area contributed by atoms with Gasteiger partial charge in [0.15, 0.2) is 5.76 Å². The van der Waals surface area contributed by atoms with Crippen molar-refractivity contribution < 1.29 is 9.21 Å². The van der Waals surface area contributed by atoms with Crippen molar-refractivity contribution >= 4 is 11.6 Å². The van der Waals surface area contributed by atoms with Crippen molar-refractivity contribution in [2.75, 3.05) is 0 Å². The summed E-state index contributed by atoms with van der Waals surface area (Å²) in [5.74, 6) is 0.587. The van der Waals surface area contributed by atoms with Crippen molar-refractivity contribution in [3.05, 3.63) is 83.8 Å². The molecule has 0 atom stereocenters. The zero-order valence-corrected chi connectivity index (χ0v) is 13.6. The van der Waals surface area contributed by atoms with Crippen molar-refractivity contribution in [3.63, 3.8) is 0 Å². The fourth-order valence-electron chi connectivity index (χ4n) is 2.35. The molecule has 1 amide bonds. The van der Waals surface area contributed by atoms with Crippen LogP contribution in [0.15, 0.2) is 76.2 Å². The molecule has 2 aromatic carbocycles. The molecule has 0 radical (unpaired) electrons.